The molecule has 10 heteroatoms. The molecule has 0 bridgehead atoms. The molecule has 0 aromatic carbocycles. The molecular weight excluding hydrogens is 281 g/mol. The molecule has 1 fully saturated rings. The molecule has 0 unspecified atom stereocenters. The average molecular weight is 288 g/mol. The van der Waals surface area contributed by atoms with Gasteiger partial charge >= 0.3 is 6.18 Å². The van der Waals surface area contributed by atoms with Crippen LogP contribution in [-0.4, -0.2) is 30.2 Å². The van der Waals surface area contributed by atoms with Gasteiger partial charge in [0, 0.05) is 6.20 Å². The van der Waals surface area contributed by atoms with Gasteiger partial charge in [-0.2, -0.15) is 13.2 Å². The Balaban J connectivity index is 1.85. The van der Waals surface area contributed by atoms with Gasteiger partial charge < -0.3 is 0 Å². The first-order chi connectivity index (χ1) is 9.04. The van der Waals surface area contributed by atoms with Crippen molar-refractivity contribution in [2.75, 3.05) is 0 Å². The van der Waals surface area contributed by atoms with Crippen LogP contribution in [0.4, 0.5) is 13.2 Å². The molecule has 0 atom stereocenters. The molecule has 0 N–H and O–H groups in total. The highest BCUT2D eigenvalue weighted by Crippen LogP contribution is 2.37. The van der Waals surface area contributed by atoms with Gasteiger partial charge in [0.25, 0.3) is 0 Å². The van der Waals surface area contributed by atoms with Crippen LogP contribution < -0.4 is 0 Å². The van der Waals surface area contributed by atoms with Crippen molar-refractivity contribution in [1.82, 2.24) is 30.2 Å². The third-order valence-electron chi connectivity index (χ3n) is 2.46. The molecule has 100 valence electrons. The van der Waals surface area contributed by atoms with E-state index in [1.165, 1.54) is 0 Å². The van der Waals surface area contributed by atoms with Crippen molar-refractivity contribution in [2.45, 2.75) is 35.4 Å². The number of rotatable bonds is 3. The molecule has 1 aliphatic carbocycles. The van der Waals surface area contributed by atoms with Gasteiger partial charge in [-0.25, -0.2) is 14.6 Å². The second-order valence-corrected chi connectivity index (χ2v) is 4.90. The predicted molar refractivity (Wildman–Crippen MR) is 57.2 cm³/mol. The second kappa shape index (κ2) is 4.44. The lowest BCUT2D eigenvalue weighted by atomic mass is 10.4. The van der Waals surface area contributed by atoms with Gasteiger partial charge in [0.15, 0.2) is 5.16 Å². The second-order valence-electron chi connectivity index (χ2n) is 3.96. The zero-order chi connectivity index (χ0) is 13.5. The maximum Gasteiger partial charge on any atom is 0.433 e. The first-order valence-electron chi connectivity index (χ1n) is 5.40. The summed E-state index contributed by atoms with van der Waals surface area (Å²) < 4.78 is 39.1. The summed E-state index contributed by atoms with van der Waals surface area (Å²) in [4.78, 5) is 7.25. The zero-order valence-electron chi connectivity index (χ0n) is 9.37. The van der Waals surface area contributed by atoms with E-state index in [2.05, 4.69) is 25.5 Å². The van der Waals surface area contributed by atoms with Gasteiger partial charge in [-0.1, -0.05) is 0 Å². The third-order valence-corrected chi connectivity index (χ3v) is 3.29. The van der Waals surface area contributed by atoms with E-state index in [1.807, 2.05) is 0 Å². The summed E-state index contributed by atoms with van der Waals surface area (Å²) in [5, 5.41) is 11.5. The summed E-state index contributed by atoms with van der Waals surface area (Å²) in [5.41, 5.74) is -0.976. The van der Waals surface area contributed by atoms with Crippen molar-refractivity contribution in [3.63, 3.8) is 0 Å². The average Bonchev–Trinajstić information content (AvgIpc) is 3.10. The van der Waals surface area contributed by atoms with Crippen molar-refractivity contribution in [2.24, 2.45) is 0 Å². The van der Waals surface area contributed by atoms with Crippen LogP contribution in [0.25, 0.3) is 0 Å². The summed E-state index contributed by atoms with van der Waals surface area (Å²) in [6.07, 6.45) is -1.46. The molecule has 19 heavy (non-hydrogen) atoms. The highest BCUT2D eigenvalue weighted by atomic mass is 32.2. The monoisotopic (exact) mass is 288 g/mol. The molecule has 0 radical (unpaired) electrons. The Hall–Kier alpha value is -1.71. The molecule has 1 aliphatic rings. The van der Waals surface area contributed by atoms with Crippen LogP contribution in [0, 0.1) is 0 Å². The normalized spacial score (nSPS) is 15.7. The molecule has 2 heterocycles. The maximum atomic E-state index is 12.5. The van der Waals surface area contributed by atoms with E-state index in [0.29, 0.717) is 5.16 Å². The number of hydrogen-bond donors (Lipinski definition) is 0. The van der Waals surface area contributed by atoms with Crippen LogP contribution in [0.5, 0.6) is 0 Å². The van der Waals surface area contributed by atoms with Crippen molar-refractivity contribution in [1.29, 1.82) is 0 Å². The summed E-state index contributed by atoms with van der Waals surface area (Å²) in [7, 11) is 0. The summed E-state index contributed by atoms with van der Waals surface area (Å²) in [6, 6.07) is 1.07. The van der Waals surface area contributed by atoms with Crippen molar-refractivity contribution in [3.05, 3.63) is 18.0 Å². The standard InChI is InChI=1S/C9H7F3N6S/c10-9(11,12)6-3-4-13-7(14-6)19-8-15-16-17-18(8)5-1-2-5/h3-5H,1-2H2. The smallest absolute Gasteiger partial charge is 0.231 e. The minimum atomic E-state index is -4.49. The Morgan fingerprint density at radius 2 is 2.11 bits per heavy atom. The van der Waals surface area contributed by atoms with Gasteiger partial charge in [0.1, 0.15) is 5.69 Å². The number of aromatic nitrogens is 6. The van der Waals surface area contributed by atoms with Crippen LogP contribution >= 0.6 is 11.8 Å². The fourth-order valence-corrected chi connectivity index (χ4v) is 2.21. The number of halogens is 3. The van der Waals surface area contributed by atoms with E-state index in [-0.39, 0.29) is 11.2 Å². The Kier molecular flexibility index (Phi) is 2.88. The highest BCUT2D eigenvalue weighted by molar-refractivity contribution is 7.99. The molecule has 0 aliphatic heterocycles. The van der Waals surface area contributed by atoms with E-state index < -0.39 is 11.9 Å². The fraction of sp³-hybridized carbons (Fsp3) is 0.444. The van der Waals surface area contributed by atoms with E-state index in [1.54, 1.807) is 4.68 Å². The lowest BCUT2D eigenvalue weighted by Gasteiger charge is -2.06. The highest BCUT2D eigenvalue weighted by Gasteiger charge is 2.33. The van der Waals surface area contributed by atoms with Gasteiger partial charge in [0.05, 0.1) is 6.04 Å². The zero-order valence-corrected chi connectivity index (χ0v) is 10.2. The molecule has 0 spiro atoms. The van der Waals surface area contributed by atoms with Crippen LogP contribution in [0.3, 0.4) is 0 Å². The van der Waals surface area contributed by atoms with Crippen LogP contribution in [0.2, 0.25) is 0 Å². The lowest BCUT2D eigenvalue weighted by Crippen LogP contribution is -2.09. The number of alkyl halides is 3. The van der Waals surface area contributed by atoms with E-state index >= 15 is 0 Å². The topological polar surface area (TPSA) is 69.4 Å². The summed E-state index contributed by atoms with van der Waals surface area (Å²) in [6.45, 7) is 0. The number of nitrogens with zero attached hydrogens (tertiary/aromatic N) is 6. The largest absolute Gasteiger partial charge is 0.433 e. The van der Waals surface area contributed by atoms with E-state index in [0.717, 1.165) is 36.9 Å². The number of tetrazole rings is 1. The first-order valence-corrected chi connectivity index (χ1v) is 6.21. The first kappa shape index (κ1) is 12.3. The quantitative estimate of drug-likeness (QED) is 0.804. The molecule has 2 aromatic heterocycles. The molecule has 6 nitrogen and oxygen atoms in total. The molecule has 3 rings (SSSR count). The lowest BCUT2D eigenvalue weighted by molar-refractivity contribution is -0.141. The Labute approximate surface area is 109 Å². The van der Waals surface area contributed by atoms with Crippen LogP contribution in [-0.2, 0) is 6.18 Å². The van der Waals surface area contributed by atoms with E-state index in [4.69, 9.17) is 0 Å². The van der Waals surface area contributed by atoms with Gasteiger partial charge in [-0.3, -0.25) is 0 Å². The summed E-state index contributed by atoms with van der Waals surface area (Å²) in [5.74, 6) is 0. The van der Waals surface area contributed by atoms with E-state index in [9.17, 15) is 13.2 Å². The van der Waals surface area contributed by atoms with Crippen molar-refractivity contribution < 1.29 is 13.2 Å². The van der Waals surface area contributed by atoms with Crippen molar-refractivity contribution >= 4 is 11.8 Å². The third kappa shape index (κ3) is 2.67. The minimum absolute atomic E-state index is 0.0217. The van der Waals surface area contributed by atoms with Gasteiger partial charge in [0.2, 0.25) is 5.16 Å². The Bertz CT molecular complexity index is 594. The van der Waals surface area contributed by atoms with Crippen molar-refractivity contribution in [3.8, 4) is 0 Å². The van der Waals surface area contributed by atoms with Crippen LogP contribution in [0.1, 0.15) is 24.6 Å². The molecule has 0 saturated heterocycles. The number of hydrogen-bond acceptors (Lipinski definition) is 6. The molecular formula is C9H7F3N6S. The van der Waals surface area contributed by atoms with Crippen LogP contribution in [0.15, 0.2) is 22.6 Å². The summed E-state index contributed by atoms with van der Waals surface area (Å²) >= 11 is 0.924. The predicted octanol–water partition coefficient (Wildman–Crippen LogP) is 1.97. The van der Waals surface area contributed by atoms with Gasteiger partial charge in [-0.05, 0) is 41.1 Å². The molecule has 1 saturated carbocycles. The SMILES string of the molecule is FC(F)(F)c1ccnc(Sc2nnnn2C2CC2)n1. The Morgan fingerprint density at radius 1 is 1.32 bits per heavy atom. The molecule has 2 aromatic rings. The fourth-order valence-electron chi connectivity index (χ4n) is 1.43. The minimum Gasteiger partial charge on any atom is -0.231 e. The Morgan fingerprint density at radius 3 is 2.79 bits per heavy atom. The molecule has 0 amide bonds. The maximum absolute atomic E-state index is 12.5. The van der Waals surface area contributed by atoms with Gasteiger partial charge in [-0.15, -0.1) is 5.10 Å².